The van der Waals surface area contributed by atoms with E-state index in [1.54, 1.807) is 11.0 Å². The first-order valence-corrected chi connectivity index (χ1v) is 9.80. The Balaban J connectivity index is 1.66. The highest BCUT2D eigenvalue weighted by Crippen LogP contribution is 2.26. The monoisotopic (exact) mass is 386 g/mol. The zero-order chi connectivity index (χ0) is 20.2. The summed E-state index contributed by atoms with van der Waals surface area (Å²) in [5.74, 6) is 0.603. The van der Waals surface area contributed by atoms with E-state index in [4.69, 9.17) is 5.26 Å². The summed E-state index contributed by atoms with van der Waals surface area (Å²) in [6.07, 6.45) is 2.24. The minimum Gasteiger partial charge on any atom is -0.338 e. The number of hydrogen-bond donors (Lipinski definition) is 2. The molecule has 0 bridgehead atoms. The summed E-state index contributed by atoms with van der Waals surface area (Å²) in [7, 11) is 0. The van der Waals surface area contributed by atoms with Gasteiger partial charge in [0.05, 0.1) is 29.0 Å². The lowest BCUT2D eigenvalue weighted by atomic mass is 10.1. The number of imidazole rings is 1. The summed E-state index contributed by atoms with van der Waals surface area (Å²) in [4.78, 5) is 22.7. The third-order valence-electron chi connectivity index (χ3n) is 4.99. The fraction of sp³-hybridized carbons (Fsp3) is 0.273. The second-order valence-electron chi connectivity index (χ2n) is 6.99. The number of benzene rings is 2. The van der Waals surface area contributed by atoms with Gasteiger partial charge in [-0.3, -0.25) is 9.89 Å². The summed E-state index contributed by atoms with van der Waals surface area (Å²) in [6.45, 7) is 3.19. The van der Waals surface area contributed by atoms with Crippen LogP contribution >= 0.6 is 0 Å². The summed E-state index contributed by atoms with van der Waals surface area (Å²) < 4.78 is 0. The molecule has 29 heavy (non-hydrogen) atoms. The van der Waals surface area contributed by atoms with Crippen LogP contribution in [0.5, 0.6) is 0 Å². The number of nitrogens with one attached hydrogen (secondary N) is 2. The van der Waals surface area contributed by atoms with Gasteiger partial charge < -0.3 is 9.88 Å². The maximum absolute atomic E-state index is 13.0. The maximum atomic E-state index is 13.0. The number of amides is 1. The maximum Gasteiger partial charge on any atom is 0.253 e. The normalized spacial score (nSPS) is 11.0. The molecular weight excluding hydrogens is 364 g/mol. The fourth-order valence-corrected chi connectivity index (χ4v) is 3.43. The molecular formula is C22H22N6O. The van der Waals surface area contributed by atoms with E-state index in [2.05, 4.69) is 33.2 Å². The summed E-state index contributed by atoms with van der Waals surface area (Å²) in [5.41, 5.74) is 3.86. The molecule has 0 saturated carbocycles. The highest BCUT2D eigenvalue weighted by atomic mass is 16.2. The highest BCUT2D eigenvalue weighted by Gasteiger charge is 2.17. The van der Waals surface area contributed by atoms with Crippen LogP contribution in [0.1, 0.15) is 36.5 Å². The van der Waals surface area contributed by atoms with Crippen molar-refractivity contribution in [3.8, 4) is 17.6 Å². The van der Waals surface area contributed by atoms with Crippen molar-refractivity contribution in [2.75, 3.05) is 13.1 Å². The zero-order valence-electron chi connectivity index (χ0n) is 16.3. The number of aromatic amines is 2. The predicted molar refractivity (Wildman–Crippen MR) is 112 cm³/mol. The number of nitrogens with zero attached hydrogens (tertiary/aromatic N) is 4. The third-order valence-corrected chi connectivity index (χ3v) is 4.99. The Morgan fingerprint density at radius 3 is 2.86 bits per heavy atom. The van der Waals surface area contributed by atoms with E-state index in [1.807, 2.05) is 36.4 Å². The number of H-pyrrole nitrogens is 2. The molecule has 7 heteroatoms. The van der Waals surface area contributed by atoms with Gasteiger partial charge in [-0.1, -0.05) is 31.5 Å². The molecule has 2 aromatic carbocycles. The van der Waals surface area contributed by atoms with Crippen molar-refractivity contribution in [3.63, 3.8) is 0 Å². The molecule has 0 fully saturated rings. The Morgan fingerprint density at radius 2 is 2.03 bits per heavy atom. The molecule has 7 nitrogen and oxygen atoms in total. The van der Waals surface area contributed by atoms with Crippen molar-refractivity contribution >= 4 is 27.8 Å². The van der Waals surface area contributed by atoms with Crippen molar-refractivity contribution in [2.45, 2.75) is 26.2 Å². The molecule has 146 valence electrons. The molecule has 0 spiro atoms. The number of carbonyl (C=O) groups is 1. The Labute approximate surface area is 168 Å². The van der Waals surface area contributed by atoms with Crippen LogP contribution < -0.4 is 0 Å². The smallest absolute Gasteiger partial charge is 0.253 e. The second kappa shape index (κ2) is 8.15. The first-order chi connectivity index (χ1) is 14.2. The van der Waals surface area contributed by atoms with Crippen LogP contribution in [0.25, 0.3) is 33.5 Å². The van der Waals surface area contributed by atoms with E-state index in [0.717, 1.165) is 40.5 Å². The largest absolute Gasteiger partial charge is 0.338 e. The lowest BCUT2D eigenvalue weighted by Gasteiger charge is -2.21. The quantitative estimate of drug-likeness (QED) is 0.495. The minimum atomic E-state index is -0.0584. The van der Waals surface area contributed by atoms with E-state index >= 15 is 0 Å². The number of para-hydroxylation sites is 1. The average Bonchev–Trinajstić information content (AvgIpc) is 3.36. The van der Waals surface area contributed by atoms with Gasteiger partial charge in [-0.25, -0.2) is 4.98 Å². The first kappa shape index (κ1) is 18.7. The molecule has 2 N–H and O–H groups in total. The number of hydrogen-bond acceptors (Lipinski definition) is 4. The lowest BCUT2D eigenvalue weighted by molar-refractivity contribution is 0.0757. The molecule has 4 aromatic rings. The number of aromatic nitrogens is 4. The van der Waals surface area contributed by atoms with E-state index in [0.29, 0.717) is 30.9 Å². The average molecular weight is 386 g/mol. The Kier molecular flexibility index (Phi) is 5.25. The number of rotatable bonds is 7. The Hall–Kier alpha value is -3.66. The Bertz CT molecular complexity index is 1200. The van der Waals surface area contributed by atoms with Crippen LogP contribution in [-0.2, 0) is 0 Å². The van der Waals surface area contributed by atoms with Crippen molar-refractivity contribution in [3.05, 3.63) is 48.0 Å². The van der Waals surface area contributed by atoms with Crippen LogP contribution in [-0.4, -0.2) is 44.1 Å². The van der Waals surface area contributed by atoms with Crippen LogP contribution in [0.15, 0.2) is 42.5 Å². The molecule has 2 aromatic heterocycles. The van der Waals surface area contributed by atoms with Gasteiger partial charge in [-0.2, -0.15) is 10.4 Å². The summed E-state index contributed by atoms with van der Waals surface area (Å²) >= 11 is 0. The van der Waals surface area contributed by atoms with E-state index < -0.39 is 0 Å². The number of nitriles is 1. The Morgan fingerprint density at radius 1 is 1.17 bits per heavy atom. The van der Waals surface area contributed by atoms with Gasteiger partial charge in [0.2, 0.25) is 0 Å². The molecule has 4 rings (SSSR count). The van der Waals surface area contributed by atoms with Gasteiger partial charge in [0.15, 0.2) is 5.82 Å². The molecule has 0 saturated heterocycles. The van der Waals surface area contributed by atoms with Gasteiger partial charge in [0.1, 0.15) is 5.69 Å². The van der Waals surface area contributed by atoms with Crippen molar-refractivity contribution < 1.29 is 4.79 Å². The number of unbranched alkanes of at least 4 members (excludes halogenated alkanes) is 1. The van der Waals surface area contributed by atoms with Crippen LogP contribution in [0.2, 0.25) is 0 Å². The van der Waals surface area contributed by atoms with E-state index in [9.17, 15) is 4.79 Å². The molecule has 0 aliphatic heterocycles. The molecule has 0 radical (unpaired) electrons. The number of fused-ring (bicyclic) bond motifs is 2. The molecule has 0 aliphatic carbocycles. The molecule has 2 heterocycles. The van der Waals surface area contributed by atoms with E-state index in [1.165, 1.54) is 0 Å². The molecule has 0 atom stereocenters. The van der Waals surface area contributed by atoms with Crippen LogP contribution in [0.3, 0.4) is 0 Å². The first-order valence-electron chi connectivity index (χ1n) is 9.80. The van der Waals surface area contributed by atoms with Gasteiger partial charge >= 0.3 is 0 Å². The van der Waals surface area contributed by atoms with Crippen molar-refractivity contribution in [1.29, 1.82) is 5.26 Å². The zero-order valence-corrected chi connectivity index (χ0v) is 16.3. The van der Waals surface area contributed by atoms with Crippen molar-refractivity contribution in [2.24, 2.45) is 0 Å². The van der Waals surface area contributed by atoms with Gasteiger partial charge in [0.25, 0.3) is 5.91 Å². The van der Waals surface area contributed by atoms with Crippen LogP contribution in [0, 0.1) is 11.3 Å². The minimum absolute atomic E-state index is 0.0584. The second-order valence-corrected chi connectivity index (χ2v) is 6.99. The van der Waals surface area contributed by atoms with Crippen molar-refractivity contribution in [1.82, 2.24) is 25.1 Å². The van der Waals surface area contributed by atoms with Gasteiger partial charge in [-0.05, 0) is 30.7 Å². The van der Waals surface area contributed by atoms with Gasteiger partial charge in [0, 0.05) is 24.0 Å². The summed E-state index contributed by atoms with van der Waals surface area (Å²) in [6, 6.07) is 15.5. The van der Waals surface area contributed by atoms with Crippen LogP contribution in [0.4, 0.5) is 0 Å². The van der Waals surface area contributed by atoms with Gasteiger partial charge in [-0.15, -0.1) is 0 Å². The molecule has 0 aliphatic rings. The molecule has 1 amide bonds. The fourth-order valence-electron chi connectivity index (χ4n) is 3.43. The molecule has 0 unspecified atom stereocenters. The predicted octanol–water partition coefficient (Wildman–Crippen LogP) is 4.26. The lowest BCUT2D eigenvalue weighted by Crippen LogP contribution is -2.32. The third kappa shape index (κ3) is 3.69. The summed E-state index contributed by atoms with van der Waals surface area (Å²) in [5, 5.41) is 17.3. The number of carbonyl (C=O) groups excluding carboxylic acids is 1. The highest BCUT2D eigenvalue weighted by molar-refractivity contribution is 5.98. The standard InChI is InChI=1S/C22H22N6O/c1-2-3-12-28(13-6-11-23)22(29)15-9-10-18-19(14-15)25-21(24-18)20-16-7-4-5-8-17(16)26-27-20/h4-5,7-10,14H,2-3,6,12-13H2,1H3,(H,24,25)(H,26,27). The SMILES string of the molecule is CCCCN(CCC#N)C(=O)c1ccc2nc(-c3n[nH]c4ccccc34)[nH]c2c1. The van der Waals surface area contributed by atoms with E-state index in [-0.39, 0.29) is 5.91 Å². The topological polar surface area (TPSA) is 101 Å².